The van der Waals surface area contributed by atoms with Crippen LogP contribution in [0.15, 0.2) is 67.4 Å². The maximum absolute atomic E-state index is 13.2. The van der Waals surface area contributed by atoms with Gasteiger partial charge in [0, 0.05) is 35.6 Å². The molecule has 2 N–H and O–H groups in total. The summed E-state index contributed by atoms with van der Waals surface area (Å²) in [5.41, 5.74) is 5.77. The van der Waals surface area contributed by atoms with E-state index in [0.29, 0.717) is 24.2 Å². The molecule has 0 aliphatic carbocycles. The number of nitrogens with one attached hydrogen (secondary N) is 2. The SMILES string of the molecule is O=C1CN(C(=O)c2cnc[nH]2)Cc2[nH]c(-c3ccncc3)c(Cc3ccccc3)c21. The number of aromatic amines is 2. The lowest BCUT2D eigenvalue weighted by molar-refractivity contribution is 0.0673. The second-order valence-electron chi connectivity index (χ2n) is 7.28. The Balaban J connectivity index is 1.58. The first-order valence-electron chi connectivity index (χ1n) is 9.69. The highest BCUT2D eigenvalue weighted by Crippen LogP contribution is 2.33. The van der Waals surface area contributed by atoms with Crippen LogP contribution in [0.4, 0.5) is 0 Å². The van der Waals surface area contributed by atoms with Crippen LogP contribution in [0.3, 0.4) is 0 Å². The molecule has 30 heavy (non-hydrogen) atoms. The number of fused-ring (bicyclic) bond motifs is 1. The molecule has 4 aromatic rings. The zero-order valence-corrected chi connectivity index (χ0v) is 16.1. The number of ketones is 1. The van der Waals surface area contributed by atoms with Crippen molar-refractivity contribution in [2.45, 2.75) is 13.0 Å². The Bertz CT molecular complexity index is 1200. The predicted octanol–water partition coefficient (Wildman–Crippen LogP) is 3.23. The van der Waals surface area contributed by atoms with E-state index in [0.717, 1.165) is 28.1 Å². The number of H-pyrrole nitrogens is 2. The third kappa shape index (κ3) is 3.20. The zero-order valence-electron chi connectivity index (χ0n) is 16.1. The topological polar surface area (TPSA) is 94.7 Å². The van der Waals surface area contributed by atoms with E-state index in [1.54, 1.807) is 12.4 Å². The summed E-state index contributed by atoms with van der Waals surface area (Å²) < 4.78 is 0. The fourth-order valence-corrected chi connectivity index (χ4v) is 3.98. The number of benzene rings is 1. The van der Waals surface area contributed by atoms with Gasteiger partial charge in [0.2, 0.25) is 0 Å². The third-order valence-electron chi connectivity index (χ3n) is 5.35. The summed E-state index contributed by atoms with van der Waals surface area (Å²) in [6.07, 6.45) is 7.03. The smallest absolute Gasteiger partial charge is 0.272 e. The quantitative estimate of drug-likeness (QED) is 0.553. The molecule has 0 saturated carbocycles. The standard InChI is InChI=1S/C23H19N5O2/c29-20-13-28(23(30)18-11-25-14-26-18)12-19-21(20)17(10-15-4-2-1-3-5-15)22(27-19)16-6-8-24-9-7-16/h1-9,11,14,27H,10,12-13H2,(H,25,26). The second-order valence-corrected chi connectivity index (χ2v) is 7.28. The van der Waals surface area contributed by atoms with Crippen LogP contribution in [0.5, 0.6) is 0 Å². The van der Waals surface area contributed by atoms with Crippen LogP contribution < -0.4 is 0 Å². The van der Waals surface area contributed by atoms with Gasteiger partial charge in [0.1, 0.15) is 5.69 Å². The molecule has 0 fully saturated rings. The summed E-state index contributed by atoms with van der Waals surface area (Å²) in [6, 6.07) is 13.9. The summed E-state index contributed by atoms with van der Waals surface area (Å²) in [6.45, 7) is 0.381. The fourth-order valence-electron chi connectivity index (χ4n) is 3.98. The van der Waals surface area contributed by atoms with Gasteiger partial charge in [0.25, 0.3) is 5.91 Å². The minimum Gasteiger partial charge on any atom is -0.356 e. The van der Waals surface area contributed by atoms with E-state index in [9.17, 15) is 9.59 Å². The third-order valence-corrected chi connectivity index (χ3v) is 5.35. The Morgan fingerprint density at radius 2 is 1.83 bits per heavy atom. The van der Waals surface area contributed by atoms with Gasteiger partial charge in [-0.25, -0.2) is 4.98 Å². The van der Waals surface area contributed by atoms with Gasteiger partial charge in [-0.1, -0.05) is 30.3 Å². The molecular formula is C23H19N5O2. The number of imidazole rings is 1. The molecule has 4 heterocycles. The van der Waals surface area contributed by atoms with Gasteiger partial charge in [-0.05, 0) is 23.3 Å². The molecule has 0 spiro atoms. The van der Waals surface area contributed by atoms with Crippen molar-refractivity contribution in [1.82, 2.24) is 24.8 Å². The first-order chi connectivity index (χ1) is 14.7. The lowest BCUT2D eigenvalue weighted by Gasteiger charge is -2.26. The van der Waals surface area contributed by atoms with E-state index in [2.05, 4.69) is 32.1 Å². The van der Waals surface area contributed by atoms with Crippen molar-refractivity contribution in [3.63, 3.8) is 0 Å². The van der Waals surface area contributed by atoms with E-state index in [4.69, 9.17) is 0 Å². The Morgan fingerprint density at radius 1 is 1.03 bits per heavy atom. The molecule has 1 aliphatic rings. The van der Waals surface area contributed by atoms with Crippen LogP contribution >= 0.6 is 0 Å². The molecule has 5 rings (SSSR count). The van der Waals surface area contributed by atoms with Crippen LogP contribution in [0.25, 0.3) is 11.3 Å². The monoisotopic (exact) mass is 397 g/mol. The lowest BCUT2D eigenvalue weighted by Crippen LogP contribution is -2.39. The van der Waals surface area contributed by atoms with Crippen molar-refractivity contribution in [1.29, 1.82) is 0 Å². The van der Waals surface area contributed by atoms with Gasteiger partial charge in [0.15, 0.2) is 5.78 Å². The highest BCUT2D eigenvalue weighted by atomic mass is 16.2. The van der Waals surface area contributed by atoms with Crippen LogP contribution in [0, 0.1) is 0 Å². The highest BCUT2D eigenvalue weighted by Gasteiger charge is 2.33. The maximum Gasteiger partial charge on any atom is 0.272 e. The minimum absolute atomic E-state index is 0.0419. The Kier molecular flexibility index (Phi) is 4.48. The van der Waals surface area contributed by atoms with E-state index < -0.39 is 0 Å². The van der Waals surface area contributed by atoms with Crippen LogP contribution in [-0.4, -0.2) is 43.1 Å². The number of pyridine rings is 1. The average molecular weight is 397 g/mol. The van der Waals surface area contributed by atoms with Crippen LogP contribution in [0.2, 0.25) is 0 Å². The molecule has 0 bridgehead atoms. The molecule has 0 saturated heterocycles. The van der Waals surface area contributed by atoms with Crippen molar-refractivity contribution >= 4 is 11.7 Å². The molecule has 0 radical (unpaired) electrons. The number of amides is 1. The first-order valence-corrected chi connectivity index (χ1v) is 9.69. The fraction of sp³-hybridized carbons (Fsp3) is 0.130. The van der Waals surface area contributed by atoms with Crippen LogP contribution in [-0.2, 0) is 13.0 Å². The lowest BCUT2D eigenvalue weighted by atomic mass is 9.93. The number of carbonyl (C=O) groups excluding carboxylic acids is 2. The van der Waals surface area contributed by atoms with Gasteiger partial charge >= 0.3 is 0 Å². The summed E-state index contributed by atoms with van der Waals surface area (Å²) >= 11 is 0. The maximum atomic E-state index is 13.2. The Morgan fingerprint density at radius 3 is 2.57 bits per heavy atom. The van der Waals surface area contributed by atoms with Crippen molar-refractivity contribution in [2.75, 3.05) is 6.54 Å². The Hall–Kier alpha value is -4.00. The molecule has 7 heteroatoms. The first kappa shape index (κ1) is 18.1. The molecule has 0 unspecified atom stereocenters. The average Bonchev–Trinajstić information content (AvgIpc) is 3.43. The van der Waals surface area contributed by atoms with E-state index in [1.165, 1.54) is 17.4 Å². The van der Waals surface area contributed by atoms with Crippen molar-refractivity contribution < 1.29 is 9.59 Å². The van der Waals surface area contributed by atoms with Crippen LogP contribution in [0.1, 0.15) is 37.7 Å². The largest absolute Gasteiger partial charge is 0.356 e. The normalized spacial score (nSPS) is 13.3. The van der Waals surface area contributed by atoms with Crippen molar-refractivity contribution in [2.24, 2.45) is 0 Å². The van der Waals surface area contributed by atoms with E-state index in [-0.39, 0.29) is 18.2 Å². The minimum atomic E-state index is -0.240. The molecule has 0 atom stereocenters. The predicted molar refractivity (Wildman–Crippen MR) is 111 cm³/mol. The van der Waals surface area contributed by atoms with E-state index in [1.807, 2.05) is 30.3 Å². The second kappa shape index (κ2) is 7.44. The van der Waals surface area contributed by atoms with Gasteiger partial charge in [0.05, 0.1) is 31.3 Å². The molecule has 1 aromatic carbocycles. The summed E-state index contributed by atoms with van der Waals surface area (Å²) in [7, 11) is 0. The Labute approximate surface area is 172 Å². The molecule has 1 aliphatic heterocycles. The van der Waals surface area contributed by atoms with E-state index >= 15 is 0 Å². The summed E-state index contributed by atoms with van der Waals surface area (Å²) in [5.74, 6) is -0.303. The van der Waals surface area contributed by atoms with Crippen molar-refractivity contribution in [3.8, 4) is 11.3 Å². The summed E-state index contributed by atoms with van der Waals surface area (Å²) in [4.78, 5) is 41.7. The molecule has 3 aromatic heterocycles. The van der Waals surface area contributed by atoms with Crippen molar-refractivity contribution in [3.05, 3.63) is 95.5 Å². The number of Topliss-reactive ketones (excluding diaryl/α,β-unsaturated/α-hetero) is 1. The zero-order chi connectivity index (χ0) is 20.5. The number of rotatable bonds is 4. The number of aromatic nitrogens is 4. The van der Waals surface area contributed by atoms with Gasteiger partial charge in [-0.3, -0.25) is 14.6 Å². The molecular weight excluding hydrogens is 378 g/mol. The number of carbonyl (C=O) groups is 2. The molecule has 148 valence electrons. The molecule has 7 nitrogen and oxygen atoms in total. The number of nitrogens with zero attached hydrogens (tertiary/aromatic N) is 3. The number of hydrogen-bond donors (Lipinski definition) is 2. The van der Waals surface area contributed by atoms with Gasteiger partial charge in [-0.2, -0.15) is 0 Å². The number of hydrogen-bond acceptors (Lipinski definition) is 4. The van der Waals surface area contributed by atoms with Gasteiger partial charge < -0.3 is 14.9 Å². The summed E-state index contributed by atoms with van der Waals surface area (Å²) in [5, 5.41) is 0. The highest BCUT2D eigenvalue weighted by molar-refractivity contribution is 6.06. The molecule has 1 amide bonds. The van der Waals surface area contributed by atoms with Gasteiger partial charge in [-0.15, -0.1) is 0 Å².